The highest BCUT2D eigenvalue weighted by Gasteiger charge is 2.26. The number of nitrogens with two attached hydrogens (primary N) is 1. The number of halogens is 1. The van der Waals surface area contributed by atoms with Gasteiger partial charge in [-0.1, -0.05) is 15.9 Å². The maximum absolute atomic E-state index is 7.62. The van der Waals surface area contributed by atoms with Crippen LogP contribution in [0.25, 0.3) is 5.69 Å². The molecule has 0 radical (unpaired) electrons. The third kappa shape index (κ3) is 2.06. The van der Waals surface area contributed by atoms with Crippen molar-refractivity contribution < 1.29 is 0 Å². The molecule has 92 valence electrons. The van der Waals surface area contributed by atoms with E-state index in [1.165, 1.54) is 12.8 Å². The minimum atomic E-state index is 0.0565. The summed E-state index contributed by atoms with van der Waals surface area (Å²) in [7, 11) is 0. The smallest absolute Gasteiger partial charge is 0.124 e. The first kappa shape index (κ1) is 11.5. The molecular weight excluding hydrogens is 292 g/mol. The van der Waals surface area contributed by atoms with Crippen LogP contribution in [0.5, 0.6) is 0 Å². The number of benzene rings is 1. The summed E-state index contributed by atoms with van der Waals surface area (Å²) < 4.78 is 2.75. The second kappa shape index (κ2) is 4.24. The van der Waals surface area contributed by atoms with Crippen LogP contribution in [0.3, 0.4) is 0 Å². The predicted molar refractivity (Wildman–Crippen MR) is 74.3 cm³/mol. The molecule has 0 unspecified atom stereocenters. The van der Waals surface area contributed by atoms with Gasteiger partial charge in [0, 0.05) is 22.2 Å². The third-order valence-electron chi connectivity index (χ3n) is 3.10. The van der Waals surface area contributed by atoms with Crippen molar-refractivity contribution in [1.29, 1.82) is 5.41 Å². The van der Waals surface area contributed by atoms with E-state index in [2.05, 4.69) is 21.0 Å². The molecule has 1 aromatic carbocycles. The van der Waals surface area contributed by atoms with E-state index >= 15 is 0 Å². The first-order valence-electron chi connectivity index (χ1n) is 5.85. The van der Waals surface area contributed by atoms with Gasteiger partial charge in [0.15, 0.2) is 0 Å². The number of rotatable bonds is 3. The Morgan fingerprint density at radius 3 is 2.83 bits per heavy atom. The Morgan fingerprint density at radius 1 is 1.39 bits per heavy atom. The second-order valence-corrected chi connectivity index (χ2v) is 5.45. The van der Waals surface area contributed by atoms with E-state index in [0.29, 0.717) is 11.5 Å². The van der Waals surface area contributed by atoms with Crippen LogP contribution in [0, 0.1) is 5.41 Å². The van der Waals surface area contributed by atoms with Gasteiger partial charge >= 0.3 is 0 Å². The lowest BCUT2D eigenvalue weighted by atomic mass is 10.1. The molecule has 5 heteroatoms. The number of aromatic nitrogens is 2. The zero-order valence-electron chi connectivity index (χ0n) is 9.73. The maximum atomic E-state index is 7.62. The Morgan fingerprint density at radius 2 is 2.17 bits per heavy atom. The van der Waals surface area contributed by atoms with E-state index < -0.39 is 0 Å². The van der Waals surface area contributed by atoms with Crippen molar-refractivity contribution in [1.82, 2.24) is 9.78 Å². The minimum Gasteiger partial charge on any atom is -0.384 e. The summed E-state index contributed by atoms with van der Waals surface area (Å²) in [4.78, 5) is 0. The van der Waals surface area contributed by atoms with Crippen LogP contribution < -0.4 is 5.73 Å². The average molecular weight is 305 g/mol. The number of hydrogen-bond acceptors (Lipinski definition) is 2. The largest absolute Gasteiger partial charge is 0.384 e. The van der Waals surface area contributed by atoms with Gasteiger partial charge < -0.3 is 5.73 Å². The van der Waals surface area contributed by atoms with Crippen LogP contribution in [0.4, 0.5) is 0 Å². The van der Waals surface area contributed by atoms with E-state index in [4.69, 9.17) is 11.1 Å². The van der Waals surface area contributed by atoms with E-state index in [1.54, 1.807) is 4.68 Å². The summed E-state index contributed by atoms with van der Waals surface area (Å²) in [6.07, 6.45) is 4.39. The zero-order valence-corrected chi connectivity index (χ0v) is 11.3. The van der Waals surface area contributed by atoms with Gasteiger partial charge in [-0.2, -0.15) is 5.10 Å². The lowest BCUT2D eigenvalue weighted by molar-refractivity contribution is 0.835. The molecule has 0 bridgehead atoms. The van der Waals surface area contributed by atoms with Crippen LogP contribution in [-0.4, -0.2) is 15.6 Å². The fourth-order valence-corrected chi connectivity index (χ4v) is 2.34. The number of amidine groups is 1. The van der Waals surface area contributed by atoms with Crippen molar-refractivity contribution in [3.63, 3.8) is 0 Å². The molecule has 3 N–H and O–H groups in total. The Labute approximate surface area is 113 Å². The van der Waals surface area contributed by atoms with Gasteiger partial charge in [0.05, 0.1) is 11.4 Å². The van der Waals surface area contributed by atoms with E-state index in [-0.39, 0.29) is 5.84 Å². The van der Waals surface area contributed by atoms with Gasteiger partial charge in [-0.3, -0.25) is 5.41 Å². The second-order valence-electron chi connectivity index (χ2n) is 4.53. The third-order valence-corrected chi connectivity index (χ3v) is 3.60. The summed E-state index contributed by atoms with van der Waals surface area (Å²) in [6.45, 7) is 0. The van der Waals surface area contributed by atoms with E-state index in [1.807, 2.05) is 30.5 Å². The van der Waals surface area contributed by atoms with Gasteiger partial charge in [0.2, 0.25) is 0 Å². The number of nitrogen functional groups attached to an aromatic ring is 1. The van der Waals surface area contributed by atoms with Crippen LogP contribution in [0.1, 0.15) is 30.0 Å². The Bertz CT molecular complexity index is 613. The van der Waals surface area contributed by atoms with Crippen LogP contribution in [0.15, 0.2) is 34.9 Å². The molecule has 1 aromatic heterocycles. The molecule has 0 aliphatic heterocycles. The van der Waals surface area contributed by atoms with Crippen LogP contribution in [0.2, 0.25) is 0 Å². The fourth-order valence-electron chi connectivity index (χ4n) is 1.99. The molecule has 0 spiro atoms. The molecule has 2 aromatic rings. The summed E-state index contributed by atoms with van der Waals surface area (Å²) in [6, 6.07) is 7.69. The highest BCUT2D eigenvalue weighted by Crippen LogP contribution is 2.39. The molecule has 1 heterocycles. The molecule has 0 saturated heterocycles. The highest BCUT2D eigenvalue weighted by atomic mass is 79.9. The first-order chi connectivity index (χ1) is 8.65. The maximum Gasteiger partial charge on any atom is 0.124 e. The lowest BCUT2D eigenvalue weighted by Crippen LogP contribution is -2.15. The summed E-state index contributed by atoms with van der Waals surface area (Å²) >= 11 is 3.44. The number of hydrogen-bond donors (Lipinski definition) is 2. The van der Waals surface area contributed by atoms with Crippen molar-refractivity contribution in [3.05, 3.63) is 46.2 Å². The average Bonchev–Trinajstić information content (AvgIpc) is 3.07. The molecule has 4 nitrogen and oxygen atoms in total. The number of nitrogens with one attached hydrogen (secondary N) is 1. The first-order valence-corrected chi connectivity index (χ1v) is 6.64. The zero-order chi connectivity index (χ0) is 12.7. The quantitative estimate of drug-likeness (QED) is 0.676. The molecule has 1 aliphatic carbocycles. The Kier molecular flexibility index (Phi) is 2.70. The molecule has 1 aliphatic rings. The van der Waals surface area contributed by atoms with Gasteiger partial charge in [-0.25, -0.2) is 4.68 Å². The van der Waals surface area contributed by atoms with Gasteiger partial charge in [0.25, 0.3) is 0 Å². The minimum absolute atomic E-state index is 0.0565. The SMILES string of the molecule is N=C(N)c1ccc(Br)cc1-n1ccc(C2CC2)n1. The van der Waals surface area contributed by atoms with Crippen LogP contribution >= 0.6 is 15.9 Å². The Balaban J connectivity index is 2.07. The van der Waals surface area contributed by atoms with Gasteiger partial charge in [-0.05, 0) is 37.1 Å². The Hall–Kier alpha value is -1.62. The van der Waals surface area contributed by atoms with Crippen molar-refractivity contribution in [3.8, 4) is 5.69 Å². The molecule has 0 atom stereocenters. The van der Waals surface area contributed by atoms with Crippen molar-refractivity contribution in [2.75, 3.05) is 0 Å². The number of nitrogens with zero attached hydrogens (tertiary/aromatic N) is 2. The molecule has 3 rings (SSSR count). The topological polar surface area (TPSA) is 67.7 Å². The van der Waals surface area contributed by atoms with E-state index in [0.717, 1.165) is 15.9 Å². The van der Waals surface area contributed by atoms with Crippen molar-refractivity contribution in [2.45, 2.75) is 18.8 Å². The summed E-state index contributed by atoms with van der Waals surface area (Å²) in [5, 5.41) is 12.2. The summed E-state index contributed by atoms with van der Waals surface area (Å²) in [5.41, 5.74) is 8.27. The standard InChI is InChI=1S/C13H13BrN4/c14-9-3-4-10(13(15)16)12(7-9)18-6-5-11(17-18)8-1-2-8/h3-8H,1-2H2,(H3,15,16). The van der Waals surface area contributed by atoms with Gasteiger partial charge in [-0.15, -0.1) is 0 Å². The fraction of sp³-hybridized carbons (Fsp3) is 0.231. The van der Waals surface area contributed by atoms with Crippen molar-refractivity contribution in [2.24, 2.45) is 5.73 Å². The molecular formula is C13H13BrN4. The molecule has 18 heavy (non-hydrogen) atoms. The highest BCUT2D eigenvalue weighted by molar-refractivity contribution is 9.10. The molecule has 1 saturated carbocycles. The molecule has 1 fully saturated rings. The van der Waals surface area contributed by atoms with Gasteiger partial charge in [0.1, 0.15) is 5.84 Å². The summed E-state index contributed by atoms with van der Waals surface area (Å²) in [5.74, 6) is 0.681. The predicted octanol–water partition coefficient (Wildman–Crippen LogP) is 2.80. The van der Waals surface area contributed by atoms with Crippen LogP contribution in [-0.2, 0) is 0 Å². The lowest BCUT2D eigenvalue weighted by Gasteiger charge is -2.08. The van der Waals surface area contributed by atoms with Crippen molar-refractivity contribution >= 4 is 21.8 Å². The molecule has 0 amide bonds. The monoisotopic (exact) mass is 304 g/mol. The van der Waals surface area contributed by atoms with E-state index in [9.17, 15) is 0 Å². The normalized spacial score (nSPS) is 14.7.